The van der Waals surface area contributed by atoms with Gasteiger partial charge in [0, 0.05) is 6.54 Å². The molecule has 4 N–H and O–H groups in total. The number of nitrogens with one attached hydrogen (secondary N) is 3. The van der Waals surface area contributed by atoms with E-state index in [9.17, 15) is 19.5 Å². The maximum absolute atomic E-state index is 13.6. The SMILES string of the molecule is CN[C@@H](C)C(=O)N[C@H](C(=O)N1C[C@@H](C(C)C)C[C@H]1C(=O)NC1CCCc2ccccc21)[C@H](C)O. The summed E-state index contributed by atoms with van der Waals surface area (Å²) in [5.41, 5.74) is 2.41. The number of rotatable bonds is 8. The fourth-order valence-corrected chi connectivity index (χ4v) is 4.99. The Morgan fingerprint density at radius 2 is 1.82 bits per heavy atom. The fraction of sp³-hybridized carbons (Fsp3) is 0.654. The van der Waals surface area contributed by atoms with E-state index in [4.69, 9.17) is 0 Å². The lowest BCUT2D eigenvalue weighted by atomic mass is 9.87. The minimum atomic E-state index is -1.11. The van der Waals surface area contributed by atoms with Gasteiger partial charge in [0.1, 0.15) is 12.1 Å². The number of likely N-dealkylation sites (tertiary alicyclic amines) is 1. The first kappa shape index (κ1) is 26.2. The van der Waals surface area contributed by atoms with Gasteiger partial charge in [-0.2, -0.15) is 0 Å². The van der Waals surface area contributed by atoms with Crippen LogP contribution in [0.25, 0.3) is 0 Å². The number of aryl methyl sites for hydroxylation is 1. The molecule has 1 aliphatic heterocycles. The number of aliphatic hydroxyl groups is 1. The summed E-state index contributed by atoms with van der Waals surface area (Å²) in [6, 6.07) is 5.86. The van der Waals surface area contributed by atoms with Crippen LogP contribution >= 0.6 is 0 Å². The van der Waals surface area contributed by atoms with Crippen LogP contribution in [0.15, 0.2) is 24.3 Å². The van der Waals surface area contributed by atoms with Crippen LogP contribution in [0.1, 0.15) is 64.1 Å². The summed E-state index contributed by atoms with van der Waals surface area (Å²) in [6.45, 7) is 7.77. The number of nitrogens with zero attached hydrogens (tertiary/aromatic N) is 1. The van der Waals surface area contributed by atoms with Crippen LogP contribution in [0.2, 0.25) is 0 Å². The number of benzene rings is 1. The number of hydrogen-bond acceptors (Lipinski definition) is 5. The van der Waals surface area contributed by atoms with Crippen molar-refractivity contribution in [1.82, 2.24) is 20.9 Å². The van der Waals surface area contributed by atoms with Gasteiger partial charge < -0.3 is 26.0 Å². The Balaban J connectivity index is 1.80. The van der Waals surface area contributed by atoms with Crippen molar-refractivity contribution < 1.29 is 19.5 Å². The molecule has 34 heavy (non-hydrogen) atoms. The highest BCUT2D eigenvalue weighted by Crippen LogP contribution is 2.33. The second-order valence-electron chi connectivity index (χ2n) is 10.1. The Labute approximate surface area is 202 Å². The molecule has 0 spiro atoms. The Morgan fingerprint density at radius 3 is 2.47 bits per heavy atom. The van der Waals surface area contributed by atoms with Crippen molar-refractivity contribution >= 4 is 17.7 Å². The molecule has 0 radical (unpaired) electrons. The number of fused-ring (bicyclic) bond motifs is 1. The minimum absolute atomic E-state index is 0.0729. The van der Waals surface area contributed by atoms with Crippen molar-refractivity contribution in [2.24, 2.45) is 11.8 Å². The second-order valence-corrected chi connectivity index (χ2v) is 10.1. The van der Waals surface area contributed by atoms with E-state index < -0.39 is 30.1 Å². The summed E-state index contributed by atoms with van der Waals surface area (Å²) in [6.07, 6.45) is 2.35. The van der Waals surface area contributed by atoms with Crippen LogP contribution in [0, 0.1) is 11.8 Å². The molecule has 1 aliphatic carbocycles. The van der Waals surface area contributed by atoms with E-state index in [1.807, 2.05) is 12.1 Å². The summed E-state index contributed by atoms with van der Waals surface area (Å²) >= 11 is 0. The lowest BCUT2D eigenvalue weighted by Crippen LogP contribution is -2.59. The van der Waals surface area contributed by atoms with Crippen molar-refractivity contribution in [3.05, 3.63) is 35.4 Å². The molecule has 8 heteroatoms. The Hall–Kier alpha value is -2.45. The molecule has 3 rings (SSSR count). The van der Waals surface area contributed by atoms with Gasteiger partial charge in [-0.05, 0) is 69.5 Å². The highest BCUT2D eigenvalue weighted by Gasteiger charge is 2.44. The van der Waals surface area contributed by atoms with E-state index in [1.165, 1.54) is 12.5 Å². The van der Waals surface area contributed by atoms with Gasteiger partial charge in [-0.25, -0.2) is 0 Å². The first-order valence-corrected chi connectivity index (χ1v) is 12.5. The zero-order chi connectivity index (χ0) is 25.0. The van der Waals surface area contributed by atoms with E-state index in [0.717, 1.165) is 24.8 Å². The molecule has 2 aliphatic rings. The van der Waals surface area contributed by atoms with Crippen molar-refractivity contribution in [2.75, 3.05) is 13.6 Å². The highest BCUT2D eigenvalue weighted by molar-refractivity contribution is 5.94. The van der Waals surface area contributed by atoms with Crippen molar-refractivity contribution in [3.63, 3.8) is 0 Å². The largest absolute Gasteiger partial charge is 0.391 e. The normalized spacial score (nSPS) is 24.8. The molecule has 0 aromatic heterocycles. The smallest absolute Gasteiger partial charge is 0.248 e. The number of aliphatic hydroxyl groups excluding tert-OH is 1. The average Bonchev–Trinajstić information content (AvgIpc) is 3.27. The molecule has 1 aromatic carbocycles. The molecule has 1 fully saturated rings. The topological polar surface area (TPSA) is 111 Å². The molecule has 1 aromatic rings. The quantitative estimate of drug-likeness (QED) is 0.459. The standard InChI is InChI=1S/C26H40N4O4/c1-15(2)19-13-22(25(33)28-21-12-8-10-18-9-6-7-11-20(18)21)30(14-19)26(34)23(17(4)31)29-24(32)16(3)27-5/h6-7,9,11,15-17,19,21-23,27,31H,8,10,12-14H2,1-5H3,(H,28,33)(H,29,32)/t16-,17-,19-,21?,22-,23-/m0/s1. The van der Waals surface area contributed by atoms with Crippen molar-refractivity contribution in [1.29, 1.82) is 0 Å². The number of amides is 3. The number of carbonyl (C=O) groups excluding carboxylic acids is 3. The van der Waals surface area contributed by atoms with Crippen LogP contribution in [0.4, 0.5) is 0 Å². The van der Waals surface area contributed by atoms with Crippen molar-refractivity contribution in [2.45, 2.75) is 83.6 Å². The van der Waals surface area contributed by atoms with Crippen LogP contribution in [-0.4, -0.2) is 65.5 Å². The third-order valence-corrected chi connectivity index (χ3v) is 7.42. The van der Waals surface area contributed by atoms with Crippen LogP contribution < -0.4 is 16.0 Å². The lowest BCUT2D eigenvalue weighted by molar-refractivity contribution is -0.144. The van der Waals surface area contributed by atoms with Crippen molar-refractivity contribution in [3.8, 4) is 0 Å². The third-order valence-electron chi connectivity index (χ3n) is 7.42. The Bertz CT molecular complexity index is 887. The lowest BCUT2D eigenvalue weighted by Gasteiger charge is -2.32. The zero-order valence-electron chi connectivity index (χ0n) is 21.0. The molecular weight excluding hydrogens is 432 g/mol. The minimum Gasteiger partial charge on any atom is -0.391 e. The first-order chi connectivity index (χ1) is 16.1. The van der Waals surface area contributed by atoms with Crippen LogP contribution in [0.5, 0.6) is 0 Å². The number of likely N-dealkylation sites (N-methyl/N-ethyl adjacent to an activating group) is 1. The van der Waals surface area contributed by atoms with E-state index in [0.29, 0.717) is 18.9 Å². The molecule has 0 bridgehead atoms. The predicted molar refractivity (Wildman–Crippen MR) is 131 cm³/mol. The van der Waals surface area contributed by atoms with Gasteiger partial charge in [0.2, 0.25) is 17.7 Å². The molecule has 1 heterocycles. The molecule has 3 amide bonds. The fourth-order valence-electron chi connectivity index (χ4n) is 4.99. The summed E-state index contributed by atoms with van der Waals surface area (Å²) < 4.78 is 0. The molecule has 1 saturated heterocycles. The van der Waals surface area contributed by atoms with Gasteiger partial charge in [-0.15, -0.1) is 0 Å². The predicted octanol–water partition coefficient (Wildman–Crippen LogP) is 1.53. The van der Waals surface area contributed by atoms with E-state index >= 15 is 0 Å². The van der Waals surface area contributed by atoms with Crippen LogP contribution in [0.3, 0.4) is 0 Å². The van der Waals surface area contributed by atoms with Gasteiger partial charge in [-0.3, -0.25) is 14.4 Å². The summed E-state index contributed by atoms with van der Waals surface area (Å²) in [7, 11) is 1.65. The van der Waals surface area contributed by atoms with Gasteiger partial charge in [0.15, 0.2) is 0 Å². The monoisotopic (exact) mass is 472 g/mol. The molecule has 1 unspecified atom stereocenters. The average molecular weight is 473 g/mol. The number of carbonyl (C=O) groups is 3. The third kappa shape index (κ3) is 5.78. The summed E-state index contributed by atoms with van der Waals surface area (Å²) in [5, 5.41) is 19.0. The Kier molecular flexibility index (Phi) is 8.71. The van der Waals surface area contributed by atoms with Crippen LogP contribution in [-0.2, 0) is 20.8 Å². The maximum atomic E-state index is 13.6. The van der Waals surface area contributed by atoms with E-state index in [-0.39, 0.29) is 23.8 Å². The van der Waals surface area contributed by atoms with E-state index in [2.05, 4.69) is 41.9 Å². The van der Waals surface area contributed by atoms with Gasteiger partial charge in [0.25, 0.3) is 0 Å². The molecule has 0 saturated carbocycles. The molecule has 188 valence electrons. The first-order valence-electron chi connectivity index (χ1n) is 12.5. The molecular formula is C26H40N4O4. The number of hydrogen-bond donors (Lipinski definition) is 4. The second kappa shape index (κ2) is 11.3. The summed E-state index contributed by atoms with van der Waals surface area (Å²) in [5.74, 6) is -0.495. The summed E-state index contributed by atoms with van der Waals surface area (Å²) in [4.78, 5) is 41.1. The van der Waals surface area contributed by atoms with Gasteiger partial charge >= 0.3 is 0 Å². The maximum Gasteiger partial charge on any atom is 0.248 e. The van der Waals surface area contributed by atoms with Gasteiger partial charge in [-0.1, -0.05) is 38.1 Å². The zero-order valence-corrected chi connectivity index (χ0v) is 21.0. The van der Waals surface area contributed by atoms with Gasteiger partial charge in [0.05, 0.1) is 18.2 Å². The molecule has 6 atom stereocenters. The Morgan fingerprint density at radius 1 is 1.12 bits per heavy atom. The molecule has 8 nitrogen and oxygen atoms in total. The highest BCUT2D eigenvalue weighted by atomic mass is 16.3. The van der Waals surface area contributed by atoms with E-state index in [1.54, 1.807) is 18.9 Å².